The van der Waals surface area contributed by atoms with E-state index in [0.717, 1.165) is 0 Å². The number of hydrogen-bond donors (Lipinski definition) is 2. The monoisotopic (exact) mass is 299 g/mol. The second-order valence-electron chi connectivity index (χ2n) is 2.26. The lowest BCUT2D eigenvalue weighted by molar-refractivity contribution is 0.0702. The zero-order chi connectivity index (χ0) is 10.9. The minimum absolute atomic E-state index is 0.0225. The number of carboxylic acid groups (broad SMARTS) is 1. The molecule has 0 amide bonds. The number of carboxylic acids is 1. The highest BCUT2D eigenvalue weighted by atomic mass is 79.9. The van der Waals surface area contributed by atoms with Crippen molar-refractivity contribution in [2.75, 3.05) is 7.05 Å². The Bertz CT molecular complexity index is 464. The van der Waals surface area contributed by atoms with E-state index < -0.39 is 16.0 Å². The predicted octanol–water partition coefficient (Wildman–Crippen LogP) is 1.12. The van der Waals surface area contributed by atoms with Crippen LogP contribution in [0.15, 0.2) is 14.7 Å². The van der Waals surface area contributed by atoms with Crippen molar-refractivity contribution in [3.63, 3.8) is 0 Å². The third kappa shape index (κ3) is 2.14. The summed E-state index contributed by atoms with van der Waals surface area (Å²) < 4.78 is 25.0. The van der Waals surface area contributed by atoms with Crippen LogP contribution in [0.3, 0.4) is 0 Å². The lowest BCUT2D eigenvalue weighted by atomic mass is 10.5. The predicted molar refractivity (Wildman–Crippen MR) is 55.2 cm³/mol. The van der Waals surface area contributed by atoms with Crippen LogP contribution in [-0.2, 0) is 10.0 Å². The average molecular weight is 300 g/mol. The number of carbonyl (C=O) groups is 1. The molecule has 1 aromatic heterocycles. The Labute approximate surface area is 92.9 Å². The number of aromatic carboxylic acids is 1. The topological polar surface area (TPSA) is 83.5 Å². The van der Waals surface area contributed by atoms with Crippen molar-refractivity contribution in [2.24, 2.45) is 0 Å². The van der Waals surface area contributed by atoms with E-state index in [4.69, 9.17) is 5.11 Å². The lowest BCUT2D eigenvalue weighted by Crippen LogP contribution is -2.17. The van der Waals surface area contributed by atoms with Gasteiger partial charge in [0.2, 0.25) is 0 Å². The summed E-state index contributed by atoms with van der Waals surface area (Å²) in [5.41, 5.74) is 0. The maximum atomic E-state index is 11.3. The lowest BCUT2D eigenvalue weighted by Gasteiger charge is -1.97. The van der Waals surface area contributed by atoms with Crippen molar-refractivity contribution in [3.05, 3.63) is 15.4 Å². The molecule has 0 aliphatic heterocycles. The largest absolute Gasteiger partial charge is 0.477 e. The van der Waals surface area contributed by atoms with Crippen LogP contribution in [0.5, 0.6) is 0 Å². The van der Waals surface area contributed by atoms with Crippen LogP contribution in [0, 0.1) is 0 Å². The minimum atomic E-state index is -3.58. The normalized spacial score (nSPS) is 11.6. The van der Waals surface area contributed by atoms with Gasteiger partial charge in [-0.05, 0) is 29.0 Å². The minimum Gasteiger partial charge on any atom is -0.477 e. The van der Waals surface area contributed by atoms with E-state index in [0.29, 0.717) is 11.3 Å². The first kappa shape index (κ1) is 11.6. The molecule has 78 valence electrons. The van der Waals surface area contributed by atoms with Gasteiger partial charge in [0, 0.05) is 4.47 Å². The van der Waals surface area contributed by atoms with Crippen LogP contribution in [0.2, 0.25) is 0 Å². The van der Waals surface area contributed by atoms with E-state index in [2.05, 4.69) is 20.7 Å². The summed E-state index contributed by atoms with van der Waals surface area (Å²) in [6, 6.07) is 1.26. The molecule has 0 aromatic carbocycles. The summed E-state index contributed by atoms with van der Waals surface area (Å²) in [4.78, 5) is 10.5. The quantitative estimate of drug-likeness (QED) is 0.876. The number of hydrogen-bond acceptors (Lipinski definition) is 4. The number of nitrogens with one attached hydrogen (secondary N) is 1. The first-order valence-corrected chi connectivity index (χ1v) is 6.44. The molecule has 0 bridgehead atoms. The molecule has 5 nitrogen and oxygen atoms in total. The molecule has 0 atom stereocenters. The van der Waals surface area contributed by atoms with Gasteiger partial charge in [-0.3, -0.25) is 0 Å². The third-order valence-electron chi connectivity index (χ3n) is 1.38. The molecule has 2 N–H and O–H groups in total. The molecule has 0 saturated carbocycles. The molecule has 0 radical (unpaired) electrons. The van der Waals surface area contributed by atoms with Crippen LogP contribution < -0.4 is 4.72 Å². The molecule has 0 spiro atoms. The summed E-state index contributed by atoms with van der Waals surface area (Å²) in [5.74, 6) is -1.15. The highest BCUT2D eigenvalue weighted by molar-refractivity contribution is 9.10. The Morgan fingerprint density at radius 3 is 2.57 bits per heavy atom. The van der Waals surface area contributed by atoms with E-state index in [1.165, 1.54) is 13.1 Å². The van der Waals surface area contributed by atoms with Gasteiger partial charge < -0.3 is 5.11 Å². The van der Waals surface area contributed by atoms with E-state index in [9.17, 15) is 13.2 Å². The molecule has 0 saturated heterocycles. The summed E-state index contributed by atoms with van der Waals surface area (Å²) in [6.45, 7) is 0. The smallest absolute Gasteiger partial charge is 0.345 e. The van der Waals surface area contributed by atoms with E-state index in [1.807, 2.05) is 0 Å². The Morgan fingerprint density at radius 1 is 1.64 bits per heavy atom. The van der Waals surface area contributed by atoms with Gasteiger partial charge in [0.05, 0.1) is 0 Å². The van der Waals surface area contributed by atoms with Crippen LogP contribution >= 0.6 is 27.3 Å². The van der Waals surface area contributed by atoms with Gasteiger partial charge in [-0.1, -0.05) is 0 Å². The fourth-order valence-electron chi connectivity index (χ4n) is 0.733. The Balaban J connectivity index is 3.31. The summed E-state index contributed by atoms with van der Waals surface area (Å²) >= 11 is 3.69. The van der Waals surface area contributed by atoms with Crippen molar-refractivity contribution in [3.8, 4) is 0 Å². The van der Waals surface area contributed by atoms with Crippen LogP contribution in [0.4, 0.5) is 0 Å². The average Bonchev–Trinajstić information content (AvgIpc) is 2.48. The van der Waals surface area contributed by atoms with Gasteiger partial charge in [0.15, 0.2) is 0 Å². The van der Waals surface area contributed by atoms with Gasteiger partial charge in [-0.2, -0.15) is 0 Å². The Hall–Kier alpha value is -0.440. The van der Waals surface area contributed by atoms with Crippen molar-refractivity contribution in [2.45, 2.75) is 4.21 Å². The molecule has 0 aliphatic rings. The summed E-state index contributed by atoms with van der Waals surface area (Å²) in [7, 11) is -2.32. The molecular formula is C6H6BrNO4S2. The van der Waals surface area contributed by atoms with Crippen molar-refractivity contribution in [1.29, 1.82) is 0 Å². The molecule has 14 heavy (non-hydrogen) atoms. The Morgan fingerprint density at radius 2 is 2.21 bits per heavy atom. The fraction of sp³-hybridized carbons (Fsp3) is 0.167. The third-order valence-corrected chi connectivity index (χ3v) is 5.60. The first-order valence-electron chi connectivity index (χ1n) is 3.34. The molecular weight excluding hydrogens is 294 g/mol. The van der Waals surface area contributed by atoms with Crippen LogP contribution in [0.1, 0.15) is 9.67 Å². The second kappa shape index (κ2) is 3.97. The van der Waals surface area contributed by atoms with Crippen LogP contribution in [-0.4, -0.2) is 26.5 Å². The van der Waals surface area contributed by atoms with Crippen LogP contribution in [0.25, 0.3) is 0 Å². The summed E-state index contributed by atoms with van der Waals surface area (Å²) in [6.07, 6.45) is 0. The molecule has 1 heterocycles. The molecule has 0 unspecified atom stereocenters. The number of thiophene rings is 1. The fourth-order valence-corrected chi connectivity index (χ4v) is 4.08. The maximum Gasteiger partial charge on any atom is 0.345 e. The van der Waals surface area contributed by atoms with Gasteiger partial charge in [-0.25, -0.2) is 17.9 Å². The van der Waals surface area contributed by atoms with Crippen molar-refractivity contribution >= 4 is 43.3 Å². The number of halogens is 1. The molecule has 1 aromatic rings. The second-order valence-corrected chi connectivity index (χ2v) is 6.25. The molecule has 0 fully saturated rings. The van der Waals surface area contributed by atoms with Gasteiger partial charge in [0.25, 0.3) is 10.0 Å². The molecule has 0 aliphatic carbocycles. The Kier molecular flexibility index (Phi) is 3.30. The molecule has 1 rings (SSSR count). The standard InChI is InChI=1S/C6H6BrNO4S2/c1-8-14(11,12)6-3(7)2-4(13-6)5(9)10/h2,8H,1H3,(H,9,10). The zero-order valence-electron chi connectivity index (χ0n) is 6.94. The SMILES string of the molecule is CNS(=O)(=O)c1sc(C(=O)O)cc1Br. The van der Waals surface area contributed by atoms with Crippen molar-refractivity contribution in [1.82, 2.24) is 4.72 Å². The highest BCUT2D eigenvalue weighted by Gasteiger charge is 2.21. The van der Waals surface area contributed by atoms with E-state index in [-0.39, 0.29) is 13.6 Å². The van der Waals surface area contributed by atoms with E-state index in [1.54, 1.807) is 0 Å². The number of rotatable bonds is 3. The molecule has 8 heteroatoms. The van der Waals surface area contributed by atoms with Gasteiger partial charge in [0.1, 0.15) is 9.09 Å². The van der Waals surface area contributed by atoms with E-state index >= 15 is 0 Å². The highest BCUT2D eigenvalue weighted by Crippen LogP contribution is 2.31. The van der Waals surface area contributed by atoms with Crippen molar-refractivity contribution < 1.29 is 18.3 Å². The first-order chi connectivity index (χ1) is 6.38. The van der Waals surface area contributed by atoms with Gasteiger partial charge in [-0.15, -0.1) is 11.3 Å². The zero-order valence-corrected chi connectivity index (χ0v) is 10.2. The van der Waals surface area contributed by atoms with Gasteiger partial charge >= 0.3 is 5.97 Å². The number of sulfonamides is 1. The maximum absolute atomic E-state index is 11.3. The summed E-state index contributed by atoms with van der Waals surface area (Å²) in [5, 5.41) is 8.64.